The molecule has 2 amide bonds. The number of methoxy groups -OCH3 is 1. The van der Waals surface area contributed by atoms with Gasteiger partial charge in [-0.1, -0.05) is 30.3 Å². The van der Waals surface area contributed by atoms with E-state index in [0.29, 0.717) is 30.7 Å². The number of piperidine rings is 1. The fraction of sp³-hybridized carbons (Fsp3) is 0.308. The van der Waals surface area contributed by atoms with Crippen LogP contribution in [0.25, 0.3) is 10.8 Å². The molecule has 1 aliphatic heterocycles. The predicted molar refractivity (Wildman–Crippen MR) is 122 cm³/mol. The van der Waals surface area contributed by atoms with Crippen molar-refractivity contribution in [3.05, 3.63) is 77.4 Å². The number of nitrogens with one attached hydrogen (secondary N) is 1. The average molecular weight is 453 g/mol. The fourth-order valence-corrected chi connectivity index (χ4v) is 4.44. The molecule has 1 saturated heterocycles. The van der Waals surface area contributed by atoms with Gasteiger partial charge in [-0.15, -0.1) is 0 Å². The number of rotatable bonds is 5. The number of carbonyl (C=O) groups excluding carboxylic acids is 2. The summed E-state index contributed by atoms with van der Waals surface area (Å²) in [5.41, 5.74) is 0.785. The number of ether oxygens (including phenoxy) is 1. The molecule has 1 fully saturated rings. The Kier molecular flexibility index (Phi) is 6.58. The van der Waals surface area contributed by atoms with E-state index < -0.39 is 23.6 Å². The standard InChI is InChI=1S/C26H26F2N2O3/c1-16(19-10-9-18(27)14-23(19)28)29-25(31)17-6-5-13-30(15-17)26(32)22-11-12-24(33-2)21-8-4-3-7-20(21)22/h3-4,7-12,14,16-17H,5-6,13,15H2,1-2H3,(H,29,31)/t16-,17-/m1/s1. The first-order chi connectivity index (χ1) is 15.9. The molecule has 0 bridgehead atoms. The first-order valence-electron chi connectivity index (χ1n) is 11.0. The SMILES string of the molecule is COc1ccc(C(=O)N2CCC[C@@H](C(=O)N[C@H](C)c3ccc(F)cc3F)C2)c2ccccc12. The molecule has 0 radical (unpaired) electrons. The molecule has 0 aliphatic carbocycles. The third-order valence-electron chi connectivity index (χ3n) is 6.20. The van der Waals surface area contributed by atoms with Crippen molar-refractivity contribution < 1.29 is 23.1 Å². The molecule has 33 heavy (non-hydrogen) atoms. The Balaban J connectivity index is 1.49. The van der Waals surface area contributed by atoms with E-state index in [1.165, 1.54) is 12.1 Å². The number of hydrogen-bond donors (Lipinski definition) is 1. The lowest BCUT2D eigenvalue weighted by Crippen LogP contribution is -2.46. The van der Waals surface area contributed by atoms with Gasteiger partial charge in [0.2, 0.25) is 5.91 Å². The number of nitrogens with zero attached hydrogens (tertiary/aromatic N) is 1. The number of hydrogen-bond acceptors (Lipinski definition) is 3. The van der Waals surface area contributed by atoms with Crippen molar-refractivity contribution in [2.75, 3.05) is 20.2 Å². The lowest BCUT2D eigenvalue weighted by atomic mass is 9.95. The van der Waals surface area contributed by atoms with Gasteiger partial charge >= 0.3 is 0 Å². The highest BCUT2D eigenvalue weighted by Crippen LogP contribution is 2.30. The number of carbonyl (C=O) groups is 2. The molecule has 1 aliphatic rings. The zero-order valence-corrected chi connectivity index (χ0v) is 18.6. The van der Waals surface area contributed by atoms with Crippen LogP contribution in [0.1, 0.15) is 41.7 Å². The molecule has 5 nitrogen and oxygen atoms in total. The molecule has 1 heterocycles. The summed E-state index contributed by atoms with van der Waals surface area (Å²) < 4.78 is 32.7. The summed E-state index contributed by atoms with van der Waals surface area (Å²) in [7, 11) is 1.59. The quantitative estimate of drug-likeness (QED) is 0.602. The molecule has 7 heteroatoms. The molecular formula is C26H26F2N2O3. The van der Waals surface area contributed by atoms with Crippen molar-refractivity contribution in [1.29, 1.82) is 0 Å². The van der Waals surface area contributed by atoms with Crippen LogP contribution in [0.2, 0.25) is 0 Å². The molecule has 4 rings (SSSR count). The molecule has 172 valence electrons. The van der Waals surface area contributed by atoms with E-state index >= 15 is 0 Å². The second-order valence-electron chi connectivity index (χ2n) is 8.35. The molecule has 0 saturated carbocycles. The van der Waals surface area contributed by atoms with E-state index in [9.17, 15) is 18.4 Å². The predicted octanol–water partition coefficient (Wildman–Crippen LogP) is 4.86. The average Bonchev–Trinajstić information content (AvgIpc) is 2.82. The van der Waals surface area contributed by atoms with Gasteiger partial charge in [0.25, 0.3) is 5.91 Å². The Bertz CT molecular complexity index is 1200. The highest BCUT2D eigenvalue weighted by molar-refractivity contribution is 6.08. The summed E-state index contributed by atoms with van der Waals surface area (Å²) in [4.78, 5) is 28.0. The second kappa shape index (κ2) is 9.57. The largest absolute Gasteiger partial charge is 0.496 e. The summed E-state index contributed by atoms with van der Waals surface area (Å²) in [5.74, 6) is -1.46. The van der Waals surface area contributed by atoms with Crippen molar-refractivity contribution in [2.24, 2.45) is 5.92 Å². The van der Waals surface area contributed by atoms with Gasteiger partial charge in [-0.25, -0.2) is 8.78 Å². The van der Waals surface area contributed by atoms with Crippen LogP contribution in [0.3, 0.4) is 0 Å². The maximum Gasteiger partial charge on any atom is 0.254 e. The summed E-state index contributed by atoms with van der Waals surface area (Å²) >= 11 is 0. The van der Waals surface area contributed by atoms with Crippen molar-refractivity contribution >= 4 is 22.6 Å². The van der Waals surface area contributed by atoms with E-state index in [1.807, 2.05) is 24.3 Å². The highest BCUT2D eigenvalue weighted by Gasteiger charge is 2.30. The Morgan fingerprint density at radius 1 is 1.09 bits per heavy atom. The third-order valence-corrected chi connectivity index (χ3v) is 6.20. The maximum absolute atomic E-state index is 14.1. The van der Waals surface area contributed by atoms with E-state index in [2.05, 4.69) is 5.32 Å². The molecule has 1 N–H and O–H groups in total. The van der Waals surface area contributed by atoms with Crippen molar-refractivity contribution in [3.8, 4) is 5.75 Å². The van der Waals surface area contributed by atoms with Crippen molar-refractivity contribution in [3.63, 3.8) is 0 Å². The number of fused-ring (bicyclic) bond motifs is 1. The van der Waals surface area contributed by atoms with Crippen LogP contribution in [0.4, 0.5) is 8.78 Å². The molecule has 3 aromatic carbocycles. The van der Waals surface area contributed by atoms with Crippen LogP contribution < -0.4 is 10.1 Å². The number of likely N-dealkylation sites (tertiary alicyclic amines) is 1. The molecular weight excluding hydrogens is 426 g/mol. The van der Waals surface area contributed by atoms with Gasteiger partial charge in [0.1, 0.15) is 17.4 Å². The first-order valence-corrected chi connectivity index (χ1v) is 11.0. The lowest BCUT2D eigenvalue weighted by molar-refractivity contribution is -0.127. The summed E-state index contributed by atoms with van der Waals surface area (Å²) in [6.07, 6.45) is 1.33. The summed E-state index contributed by atoms with van der Waals surface area (Å²) in [6, 6.07) is 13.8. The number of benzene rings is 3. The van der Waals surface area contributed by atoms with Gasteiger partial charge < -0.3 is 15.0 Å². The van der Waals surface area contributed by atoms with Gasteiger partial charge in [-0.2, -0.15) is 0 Å². The van der Waals surface area contributed by atoms with Crippen LogP contribution in [-0.4, -0.2) is 36.9 Å². The summed E-state index contributed by atoms with van der Waals surface area (Å²) in [5, 5.41) is 4.47. The third kappa shape index (κ3) is 4.67. The van der Waals surface area contributed by atoms with Gasteiger partial charge in [0.15, 0.2) is 0 Å². The first kappa shape index (κ1) is 22.7. The number of halogens is 2. The zero-order chi connectivity index (χ0) is 23.5. The minimum atomic E-state index is -0.699. The van der Waals surface area contributed by atoms with Crippen molar-refractivity contribution in [1.82, 2.24) is 10.2 Å². The monoisotopic (exact) mass is 452 g/mol. The van der Waals surface area contributed by atoms with Crippen LogP contribution in [0.5, 0.6) is 5.75 Å². The van der Waals surface area contributed by atoms with E-state index in [-0.39, 0.29) is 23.9 Å². The molecule has 0 spiro atoms. The van der Waals surface area contributed by atoms with Crippen LogP contribution in [0.15, 0.2) is 54.6 Å². The van der Waals surface area contributed by atoms with Crippen LogP contribution in [0, 0.1) is 17.6 Å². The summed E-state index contributed by atoms with van der Waals surface area (Å²) in [6.45, 7) is 2.50. The van der Waals surface area contributed by atoms with E-state index in [0.717, 1.165) is 16.8 Å². The highest BCUT2D eigenvalue weighted by atomic mass is 19.1. The smallest absolute Gasteiger partial charge is 0.254 e. The van der Waals surface area contributed by atoms with E-state index in [1.54, 1.807) is 31.1 Å². The van der Waals surface area contributed by atoms with Crippen LogP contribution in [-0.2, 0) is 4.79 Å². The van der Waals surface area contributed by atoms with Gasteiger partial charge in [0.05, 0.1) is 19.1 Å². The Labute approximate surface area is 191 Å². The minimum absolute atomic E-state index is 0.135. The zero-order valence-electron chi connectivity index (χ0n) is 18.6. The van der Waals surface area contributed by atoms with E-state index in [4.69, 9.17) is 4.74 Å². The lowest BCUT2D eigenvalue weighted by Gasteiger charge is -2.33. The Hall–Kier alpha value is -3.48. The number of amides is 2. The molecule has 3 aromatic rings. The maximum atomic E-state index is 14.1. The second-order valence-corrected chi connectivity index (χ2v) is 8.35. The minimum Gasteiger partial charge on any atom is -0.496 e. The van der Waals surface area contributed by atoms with Gasteiger partial charge in [-0.05, 0) is 43.4 Å². The Morgan fingerprint density at radius 3 is 2.58 bits per heavy atom. The van der Waals surface area contributed by atoms with Crippen LogP contribution >= 0.6 is 0 Å². The topological polar surface area (TPSA) is 58.6 Å². The molecule has 0 aromatic heterocycles. The fourth-order valence-electron chi connectivity index (χ4n) is 4.44. The Morgan fingerprint density at radius 2 is 1.85 bits per heavy atom. The van der Waals surface area contributed by atoms with Gasteiger partial charge in [0, 0.05) is 35.7 Å². The van der Waals surface area contributed by atoms with Crippen molar-refractivity contribution in [2.45, 2.75) is 25.8 Å². The van der Waals surface area contributed by atoms with Gasteiger partial charge in [-0.3, -0.25) is 9.59 Å². The normalized spacial score (nSPS) is 17.0. The molecule has 0 unspecified atom stereocenters. The molecule has 2 atom stereocenters.